The number of hydrogen-bond donors (Lipinski definition) is 2. The van der Waals surface area contributed by atoms with E-state index in [2.05, 4.69) is 6.07 Å². The van der Waals surface area contributed by atoms with Crippen molar-refractivity contribution >= 4 is 16.7 Å². The van der Waals surface area contributed by atoms with Crippen molar-refractivity contribution in [1.82, 2.24) is 0 Å². The van der Waals surface area contributed by atoms with Crippen molar-refractivity contribution in [3.63, 3.8) is 0 Å². The van der Waals surface area contributed by atoms with Gasteiger partial charge in [0.05, 0.1) is 0 Å². The number of rotatable bonds is 2. The molecule has 0 aliphatic heterocycles. The first-order chi connectivity index (χ1) is 8.18. The van der Waals surface area contributed by atoms with Crippen LogP contribution in [-0.2, 0) is 17.6 Å². The van der Waals surface area contributed by atoms with Crippen LogP contribution in [0.25, 0.3) is 10.8 Å². The van der Waals surface area contributed by atoms with E-state index in [-0.39, 0.29) is 0 Å². The van der Waals surface area contributed by atoms with Gasteiger partial charge in [-0.2, -0.15) is 0 Å². The summed E-state index contributed by atoms with van der Waals surface area (Å²) in [6.45, 7) is 0. The minimum absolute atomic E-state index is 0.708. The van der Waals surface area contributed by atoms with Crippen LogP contribution in [0.15, 0.2) is 30.3 Å². The third kappa shape index (κ3) is 1.43. The Kier molecular flexibility index (Phi) is 2.16. The molecule has 1 aliphatic carbocycles. The van der Waals surface area contributed by atoms with Gasteiger partial charge in [0, 0.05) is 0 Å². The van der Waals surface area contributed by atoms with Crippen molar-refractivity contribution in [1.29, 1.82) is 0 Å². The van der Waals surface area contributed by atoms with Crippen molar-refractivity contribution in [2.45, 2.75) is 18.9 Å². The molecular formula is C14H13NO2. The Bertz CT molecular complexity index is 609. The van der Waals surface area contributed by atoms with E-state index in [1.165, 1.54) is 16.5 Å². The van der Waals surface area contributed by atoms with E-state index in [9.17, 15) is 4.79 Å². The molecule has 0 heterocycles. The van der Waals surface area contributed by atoms with Crippen molar-refractivity contribution in [3.05, 3.63) is 47.0 Å². The Morgan fingerprint density at radius 3 is 2.59 bits per heavy atom. The van der Waals surface area contributed by atoms with E-state index in [0.29, 0.717) is 5.56 Å². The highest BCUT2D eigenvalue weighted by Gasteiger charge is 2.21. The summed E-state index contributed by atoms with van der Waals surface area (Å²) in [7, 11) is 0. The van der Waals surface area contributed by atoms with Gasteiger partial charge in [0.15, 0.2) is 0 Å². The minimum Gasteiger partial charge on any atom is -0.480 e. The van der Waals surface area contributed by atoms with Gasteiger partial charge < -0.3 is 10.8 Å². The van der Waals surface area contributed by atoms with Crippen LogP contribution in [0.2, 0.25) is 0 Å². The Labute approximate surface area is 98.9 Å². The lowest BCUT2D eigenvalue weighted by atomic mass is 9.96. The number of aliphatic carboxylic acids is 1. The molecule has 1 unspecified atom stereocenters. The normalized spacial score (nSPS) is 15.1. The van der Waals surface area contributed by atoms with E-state index < -0.39 is 12.0 Å². The van der Waals surface area contributed by atoms with Crippen molar-refractivity contribution < 1.29 is 9.90 Å². The summed E-state index contributed by atoms with van der Waals surface area (Å²) in [5.74, 6) is -0.983. The molecule has 3 heteroatoms. The van der Waals surface area contributed by atoms with Crippen LogP contribution in [0.3, 0.4) is 0 Å². The fourth-order valence-corrected chi connectivity index (χ4v) is 2.67. The highest BCUT2D eigenvalue weighted by atomic mass is 16.4. The molecule has 0 radical (unpaired) electrons. The summed E-state index contributed by atoms with van der Waals surface area (Å²) in [6, 6.07) is 8.97. The molecule has 2 aromatic carbocycles. The van der Waals surface area contributed by atoms with Crippen LogP contribution < -0.4 is 5.73 Å². The minimum atomic E-state index is -0.983. The maximum Gasteiger partial charge on any atom is 0.325 e. The first kappa shape index (κ1) is 10.3. The molecule has 0 amide bonds. The second kappa shape index (κ2) is 3.57. The topological polar surface area (TPSA) is 63.3 Å². The molecule has 3 N–H and O–H groups in total. The Morgan fingerprint density at radius 2 is 1.88 bits per heavy atom. The highest BCUT2D eigenvalue weighted by molar-refractivity contribution is 5.95. The van der Waals surface area contributed by atoms with Crippen LogP contribution in [0.4, 0.5) is 0 Å². The number of hydrogen-bond acceptors (Lipinski definition) is 2. The maximum atomic E-state index is 11.0. The zero-order valence-corrected chi connectivity index (χ0v) is 9.31. The molecule has 0 spiro atoms. The Morgan fingerprint density at radius 1 is 1.18 bits per heavy atom. The molecule has 0 bridgehead atoms. The molecule has 0 saturated heterocycles. The molecule has 2 aromatic rings. The molecular weight excluding hydrogens is 214 g/mol. The van der Waals surface area contributed by atoms with Gasteiger partial charge in [-0.3, -0.25) is 4.79 Å². The van der Waals surface area contributed by atoms with Crippen LogP contribution in [0.1, 0.15) is 22.7 Å². The summed E-state index contributed by atoms with van der Waals surface area (Å²) in [6.07, 6.45) is 2.08. The summed E-state index contributed by atoms with van der Waals surface area (Å²) in [4.78, 5) is 11.0. The SMILES string of the molecule is NC(C(=O)O)c1ccc2c3c(cccc13)CC2. The van der Waals surface area contributed by atoms with Crippen LogP contribution in [0.5, 0.6) is 0 Å². The molecule has 1 aliphatic rings. The van der Waals surface area contributed by atoms with E-state index >= 15 is 0 Å². The lowest BCUT2D eigenvalue weighted by Crippen LogP contribution is -2.20. The molecule has 3 nitrogen and oxygen atoms in total. The van der Waals surface area contributed by atoms with Crippen LogP contribution >= 0.6 is 0 Å². The van der Waals surface area contributed by atoms with Gasteiger partial charge in [0.2, 0.25) is 0 Å². The number of aryl methyl sites for hydroxylation is 2. The van der Waals surface area contributed by atoms with Crippen molar-refractivity contribution in [2.24, 2.45) is 5.73 Å². The first-order valence-electron chi connectivity index (χ1n) is 5.70. The molecule has 86 valence electrons. The fraction of sp³-hybridized carbons (Fsp3) is 0.214. The second-order valence-electron chi connectivity index (χ2n) is 4.47. The van der Waals surface area contributed by atoms with Crippen molar-refractivity contribution in [3.8, 4) is 0 Å². The molecule has 0 fully saturated rings. The van der Waals surface area contributed by atoms with Gasteiger partial charge in [-0.05, 0) is 40.3 Å². The average Bonchev–Trinajstić information content (AvgIpc) is 2.74. The van der Waals surface area contributed by atoms with Crippen LogP contribution in [0, 0.1) is 0 Å². The zero-order valence-electron chi connectivity index (χ0n) is 9.31. The fourth-order valence-electron chi connectivity index (χ4n) is 2.67. The summed E-state index contributed by atoms with van der Waals surface area (Å²) in [5.41, 5.74) is 9.04. The lowest BCUT2D eigenvalue weighted by Gasteiger charge is -2.12. The third-order valence-electron chi connectivity index (χ3n) is 3.51. The average molecular weight is 227 g/mol. The summed E-state index contributed by atoms with van der Waals surface area (Å²) >= 11 is 0. The maximum absolute atomic E-state index is 11.0. The number of nitrogens with two attached hydrogens (primary N) is 1. The van der Waals surface area contributed by atoms with Crippen LogP contribution in [-0.4, -0.2) is 11.1 Å². The summed E-state index contributed by atoms with van der Waals surface area (Å²) in [5, 5.41) is 11.2. The Hall–Kier alpha value is -1.87. The lowest BCUT2D eigenvalue weighted by molar-refractivity contribution is -0.138. The predicted molar refractivity (Wildman–Crippen MR) is 65.9 cm³/mol. The monoisotopic (exact) mass is 227 g/mol. The smallest absolute Gasteiger partial charge is 0.325 e. The van der Waals surface area contributed by atoms with Gasteiger partial charge in [0.25, 0.3) is 0 Å². The quantitative estimate of drug-likeness (QED) is 0.825. The number of carboxylic acid groups (broad SMARTS) is 1. The number of benzene rings is 2. The summed E-state index contributed by atoms with van der Waals surface area (Å²) < 4.78 is 0. The number of carboxylic acids is 1. The van der Waals surface area contributed by atoms with E-state index in [1.807, 2.05) is 24.3 Å². The highest BCUT2D eigenvalue weighted by Crippen LogP contribution is 2.34. The van der Waals surface area contributed by atoms with Gasteiger partial charge in [-0.1, -0.05) is 30.3 Å². The molecule has 0 saturated carbocycles. The van der Waals surface area contributed by atoms with E-state index in [0.717, 1.165) is 18.2 Å². The van der Waals surface area contributed by atoms with Crippen molar-refractivity contribution in [2.75, 3.05) is 0 Å². The molecule has 17 heavy (non-hydrogen) atoms. The largest absolute Gasteiger partial charge is 0.480 e. The van der Waals surface area contributed by atoms with Gasteiger partial charge in [-0.25, -0.2) is 0 Å². The zero-order chi connectivity index (χ0) is 12.0. The van der Waals surface area contributed by atoms with E-state index in [4.69, 9.17) is 10.8 Å². The standard InChI is InChI=1S/C14H13NO2/c15-13(14(16)17)11-7-6-9-5-4-8-2-1-3-10(11)12(8)9/h1-3,6-7,13H,4-5,15H2,(H,16,17). The van der Waals surface area contributed by atoms with E-state index in [1.54, 1.807) is 0 Å². The molecule has 1 atom stereocenters. The molecule has 0 aromatic heterocycles. The van der Waals surface area contributed by atoms with Gasteiger partial charge in [0.1, 0.15) is 6.04 Å². The number of carbonyl (C=O) groups is 1. The molecule has 3 rings (SSSR count). The third-order valence-corrected chi connectivity index (χ3v) is 3.51. The first-order valence-corrected chi connectivity index (χ1v) is 5.70. The Balaban J connectivity index is 2.32. The van der Waals surface area contributed by atoms with Gasteiger partial charge in [-0.15, -0.1) is 0 Å². The second-order valence-corrected chi connectivity index (χ2v) is 4.47. The predicted octanol–water partition coefficient (Wildman–Crippen LogP) is 2.02. The van der Waals surface area contributed by atoms with Gasteiger partial charge >= 0.3 is 5.97 Å².